The minimum absolute atomic E-state index is 0.0949. The number of rotatable bonds is 3. The molecule has 2 unspecified atom stereocenters. The van der Waals surface area contributed by atoms with Crippen molar-refractivity contribution < 1.29 is 14.3 Å². The van der Waals surface area contributed by atoms with Crippen LogP contribution in [0.15, 0.2) is 0 Å². The fraction of sp³-hybridized carbons (Fsp3) is 0.900. The van der Waals surface area contributed by atoms with Gasteiger partial charge in [0, 0.05) is 13.7 Å². The molecule has 0 aliphatic carbocycles. The molecule has 0 amide bonds. The van der Waals surface area contributed by atoms with Crippen molar-refractivity contribution >= 4 is 6.29 Å². The topological polar surface area (TPSA) is 35.5 Å². The van der Waals surface area contributed by atoms with Gasteiger partial charge in [0.05, 0.1) is 17.1 Å². The monoisotopic (exact) mass is 186 g/mol. The molecule has 1 aliphatic heterocycles. The van der Waals surface area contributed by atoms with Crippen LogP contribution in [0.25, 0.3) is 0 Å². The Labute approximate surface area is 79.4 Å². The van der Waals surface area contributed by atoms with Crippen LogP contribution in [-0.2, 0) is 14.3 Å². The highest BCUT2D eigenvalue weighted by Gasteiger charge is 2.54. The normalized spacial score (nSPS) is 34.5. The third-order valence-electron chi connectivity index (χ3n) is 3.39. The summed E-state index contributed by atoms with van der Waals surface area (Å²) in [7, 11) is 1.63. The molecule has 3 nitrogen and oxygen atoms in total. The van der Waals surface area contributed by atoms with Crippen molar-refractivity contribution in [1.82, 2.24) is 0 Å². The lowest BCUT2D eigenvalue weighted by molar-refractivity contribution is -0.139. The molecule has 13 heavy (non-hydrogen) atoms. The SMILES string of the molecule is COC(C)C1(C=O)CCOC1(C)C. The predicted molar refractivity (Wildman–Crippen MR) is 49.6 cm³/mol. The quantitative estimate of drug-likeness (QED) is 0.625. The first kappa shape index (κ1) is 10.7. The van der Waals surface area contributed by atoms with Gasteiger partial charge in [0.15, 0.2) is 0 Å². The molecule has 1 saturated heterocycles. The Bertz CT molecular complexity index is 200. The number of carbonyl (C=O) groups is 1. The second kappa shape index (κ2) is 3.39. The van der Waals surface area contributed by atoms with Crippen molar-refractivity contribution in [2.75, 3.05) is 13.7 Å². The van der Waals surface area contributed by atoms with Gasteiger partial charge in [-0.3, -0.25) is 0 Å². The molecular weight excluding hydrogens is 168 g/mol. The maximum atomic E-state index is 11.2. The fourth-order valence-corrected chi connectivity index (χ4v) is 2.11. The lowest BCUT2D eigenvalue weighted by Crippen LogP contribution is -2.49. The Morgan fingerprint density at radius 2 is 2.15 bits per heavy atom. The summed E-state index contributed by atoms with van der Waals surface area (Å²) in [5.41, 5.74) is -0.897. The lowest BCUT2D eigenvalue weighted by atomic mass is 9.71. The molecule has 0 spiro atoms. The van der Waals surface area contributed by atoms with E-state index >= 15 is 0 Å². The van der Waals surface area contributed by atoms with Crippen molar-refractivity contribution in [3.8, 4) is 0 Å². The summed E-state index contributed by atoms with van der Waals surface area (Å²) in [6.07, 6.45) is 1.65. The average Bonchev–Trinajstić information content (AvgIpc) is 2.40. The van der Waals surface area contributed by atoms with E-state index in [0.29, 0.717) is 6.61 Å². The lowest BCUT2D eigenvalue weighted by Gasteiger charge is -2.39. The van der Waals surface area contributed by atoms with Gasteiger partial charge in [0.1, 0.15) is 6.29 Å². The average molecular weight is 186 g/mol. The Hall–Kier alpha value is -0.410. The second-order valence-electron chi connectivity index (χ2n) is 4.14. The summed E-state index contributed by atoms with van der Waals surface area (Å²) in [5, 5.41) is 0. The first-order valence-corrected chi connectivity index (χ1v) is 4.63. The van der Waals surface area contributed by atoms with Crippen LogP contribution in [0.2, 0.25) is 0 Å². The molecule has 0 aromatic carbocycles. The maximum Gasteiger partial charge on any atom is 0.131 e. The number of hydrogen-bond donors (Lipinski definition) is 0. The van der Waals surface area contributed by atoms with E-state index in [1.54, 1.807) is 7.11 Å². The molecule has 0 radical (unpaired) electrons. The van der Waals surface area contributed by atoms with E-state index in [-0.39, 0.29) is 6.10 Å². The molecule has 1 heterocycles. The second-order valence-corrected chi connectivity index (χ2v) is 4.14. The zero-order chi connectivity index (χ0) is 10.1. The van der Waals surface area contributed by atoms with Gasteiger partial charge in [-0.05, 0) is 27.2 Å². The van der Waals surface area contributed by atoms with Gasteiger partial charge in [0.2, 0.25) is 0 Å². The van der Waals surface area contributed by atoms with Crippen LogP contribution >= 0.6 is 0 Å². The molecule has 0 bridgehead atoms. The van der Waals surface area contributed by atoms with Crippen LogP contribution in [0.1, 0.15) is 27.2 Å². The number of hydrogen-bond acceptors (Lipinski definition) is 3. The predicted octanol–water partition coefficient (Wildman–Crippen LogP) is 1.41. The van der Waals surface area contributed by atoms with E-state index in [1.165, 1.54) is 0 Å². The Kier molecular flexibility index (Phi) is 2.78. The highest BCUT2D eigenvalue weighted by molar-refractivity contribution is 5.63. The summed E-state index contributed by atoms with van der Waals surface area (Å²) in [6, 6.07) is 0. The highest BCUT2D eigenvalue weighted by Crippen LogP contribution is 2.45. The molecule has 0 aromatic rings. The van der Waals surface area contributed by atoms with Crippen molar-refractivity contribution in [3.63, 3.8) is 0 Å². The van der Waals surface area contributed by atoms with Crippen LogP contribution in [0, 0.1) is 5.41 Å². The molecule has 0 saturated carbocycles. The Morgan fingerprint density at radius 1 is 1.54 bits per heavy atom. The first-order chi connectivity index (χ1) is 6.00. The molecule has 3 heteroatoms. The van der Waals surface area contributed by atoms with Gasteiger partial charge in [-0.2, -0.15) is 0 Å². The summed E-state index contributed by atoms with van der Waals surface area (Å²) in [5.74, 6) is 0. The van der Waals surface area contributed by atoms with E-state index < -0.39 is 11.0 Å². The van der Waals surface area contributed by atoms with Crippen LogP contribution in [0.3, 0.4) is 0 Å². The fourth-order valence-electron chi connectivity index (χ4n) is 2.11. The van der Waals surface area contributed by atoms with Gasteiger partial charge in [-0.1, -0.05) is 0 Å². The molecule has 0 aromatic heterocycles. The minimum atomic E-state index is -0.484. The number of ether oxygens (including phenoxy) is 2. The molecule has 1 fully saturated rings. The van der Waals surface area contributed by atoms with Crippen LogP contribution in [0.4, 0.5) is 0 Å². The Morgan fingerprint density at radius 3 is 2.46 bits per heavy atom. The van der Waals surface area contributed by atoms with Gasteiger partial charge >= 0.3 is 0 Å². The molecule has 1 aliphatic rings. The summed E-state index contributed by atoms with van der Waals surface area (Å²) >= 11 is 0. The smallest absolute Gasteiger partial charge is 0.131 e. The summed E-state index contributed by atoms with van der Waals surface area (Å²) in [4.78, 5) is 11.2. The van der Waals surface area contributed by atoms with Crippen molar-refractivity contribution in [3.05, 3.63) is 0 Å². The van der Waals surface area contributed by atoms with Gasteiger partial charge in [-0.15, -0.1) is 0 Å². The molecule has 76 valence electrons. The third kappa shape index (κ3) is 1.40. The van der Waals surface area contributed by atoms with Crippen LogP contribution < -0.4 is 0 Å². The Balaban J connectivity index is 2.98. The van der Waals surface area contributed by atoms with E-state index in [0.717, 1.165) is 12.7 Å². The largest absolute Gasteiger partial charge is 0.381 e. The molecule has 2 atom stereocenters. The van der Waals surface area contributed by atoms with Crippen LogP contribution in [-0.4, -0.2) is 31.7 Å². The zero-order valence-corrected chi connectivity index (χ0v) is 8.79. The van der Waals surface area contributed by atoms with E-state index in [2.05, 4.69) is 0 Å². The maximum absolute atomic E-state index is 11.2. The first-order valence-electron chi connectivity index (χ1n) is 4.63. The minimum Gasteiger partial charge on any atom is -0.381 e. The van der Waals surface area contributed by atoms with Gasteiger partial charge in [0.25, 0.3) is 0 Å². The van der Waals surface area contributed by atoms with Gasteiger partial charge in [-0.25, -0.2) is 0 Å². The van der Waals surface area contributed by atoms with Gasteiger partial charge < -0.3 is 14.3 Å². The van der Waals surface area contributed by atoms with Crippen molar-refractivity contribution in [2.45, 2.75) is 38.9 Å². The van der Waals surface area contributed by atoms with Crippen molar-refractivity contribution in [1.29, 1.82) is 0 Å². The molecule has 0 N–H and O–H groups in total. The van der Waals surface area contributed by atoms with E-state index in [1.807, 2.05) is 20.8 Å². The third-order valence-corrected chi connectivity index (χ3v) is 3.39. The number of carbonyl (C=O) groups excluding carboxylic acids is 1. The van der Waals surface area contributed by atoms with Crippen molar-refractivity contribution in [2.24, 2.45) is 5.41 Å². The summed E-state index contributed by atoms with van der Waals surface area (Å²) in [6.45, 7) is 6.46. The van der Waals surface area contributed by atoms with E-state index in [4.69, 9.17) is 9.47 Å². The number of methoxy groups -OCH3 is 1. The number of aldehydes is 1. The highest BCUT2D eigenvalue weighted by atomic mass is 16.5. The summed E-state index contributed by atoms with van der Waals surface area (Å²) < 4.78 is 10.8. The molecular formula is C10H18O3. The molecule has 1 rings (SSSR count). The standard InChI is InChI=1S/C10H18O3/c1-8(12-4)10(7-11)5-6-13-9(10,2)3/h7-8H,5-6H2,1-4H3. The zero-order valence-electron chi connectivity index (χ0n) is 8.79. The van der Waals surface area contributed by atoms with E-state index in [9.17, 15) is 4.79 Å². The van der Waals surface area contributed by atoms with Crippen LogP contribution in [0.5, 0.6) is 0 Å².